The van der Waals surface area contributed by atoms with Crippen molar-refractivity contribution in [2.24, 2.45) is 0 Å². The van der Waals surface area contributed by atoms with Crippen LogP contribution in [0, 0.1) is 18.3 Å². The molecule has 1 N–H and O–H groups in total. The number of hydrogen-bond donors (Lipinski definition) is 1. The zero-order chi connectivity index (χ0) is 25.9. The largest absolute Gasteiger partial charge is 0.491 e. The van der Waals surface area contributed by atoms with Crippen LogP contribution < -0.4 is 10.1 Å². The topological polar surface area (TPSA) is 114 Å². The summed E-state index contributed by atoms with van der Waals surface area (Å²) in [4.78, 5) is 12.8. The SMILES string of the molecule is Cc1cc(OC(C)C)ccc1-c1nn(-c2ccccc2)cc1/C=C(\C#N)C(=O)N[C@@H]1CCS(=O)(=O)C1. The first-order valence-electron chi connectivity index (χ1n) is 11.7. The molecule has 36 heavy (non-hydrogen) atoms. The maximum absolute atomic E-state index is 12.8. The Kier molecular flexibility index (Phi) is 7.27. The first-order valence-corrected chi connectivity index (χ1v) is 13.5. The van der Waals surface area contributed by atoms with Gasteiger partial charge in [-0.3, -0.25) is 4.79 Å². The van der Waals surface area contributed by atoms with Gasteiger partial charge in [-0.1, -0.05) is 18.2 Å². The van der Waals surface area contributed by atoms with E-state index in [1.807, 2.05) is 75.4 Å². The summed E-state index contributed by atoms with van der Waals surface area (Å²) >= 11 is 0. The third-order valence-corrected chi connectivity index (χ3v) is 7.59. The molecule has 8 nitrogen and oxygen atoms in total. The Balaban J connectivity index is 1.73. The molecule has 1 amide bonds. The molecular formula is C27H28N4O4S. The summed E-state index contributed by atoms with van der Waals surface area (Å²) in [6, 6.07) is 16.7. The summed E-state index contributed by atoms with van der Waals surface area (Å²) in [5.41, 5.74) is 3.68. The number of carbonyl (C=O) groups is 1. The van der Waals surface area contributed by atoms with Gasteiger partial charge in [0.25, 0.3) is 5.91 Å². The van der Waals surface area contributed by atoms with Gasteiger partial charge < -0.3 is 10.1 Å². The van der Waals surface area contributed by atoms with E-state index in [-0.39, 0.29) is 23.2 Å². The van der Waals surface area contributed by atoms with Crippen LogP contribution in [0.15, 0.2) is 60.3 Å². The van der Waals surface area contributed by atoms with E-state index in [1.165, 1.54) is 6.08 Å². The van der Waals surface area contributed by atoms with E-state index in [9.17, 15) is 18.5 Å². The van der Waals surface area contributed by atoms with E-state index in [4.69, 9.17) is 9.84 Å². The lowest BCUT2D eigenvalue weighted by molar-refractivity contribution is -0.117. The zero-order valence-corrected chi connectivity index (χ0v) is 21.2. The molecular weight excluding hydrogens is 476 g/mol. The van der Waals surface area contributed by atoms with Crippen LogP contribution in [0.1, 0.15) is 31.4 Å². The molecule has 2 heterocycles. The maximum atomic E-state index is 12.8. The van der Waals surface area contributed by atoms with Crippen molar-refractivity contribution >= 4 is 21.8 Å². The van der Waals surface area contributed by atoms with Gasteiger partial charge in [0, 0.05) is 23.4 Å². The highest BCUT2D eigenvalue weighted by atomic mass is 32.2. The summed E-state index contributed by atoms with van der Waals surface area (Å²) < 4.78 is 31.0. The number of sulfone groups is 1. The van der Waals surface area contributed by atoms with Crippen molar-refractivity contribution in [1.82, 2.24) is 15.1 Å². The van der Waals surface area contributed by atoms with Gasteiger partial charge in [0.15, 0.2) is 9.84 Å². The maximum Gasteiger partial charge on any atom is 0.262 e. The number of para-hydroxylation sites is 1. The fourth-order valence-electron chi connectivity index (χ4n) is 4.14. The highest BCUT2D eigenvalue weighted by Crippen LogP contribution is 2.31. The van der Waals surface area contributed by atoms with Crippen molar-refractivity contribution < 1.29 is 17.9 Å². The predicted molar refractivity (Wildman–Crippen MR) is 138 cm³/mol. The van der Waals surface area contributed by atoms with Crippen LogP contribution in [0.4, 0.5) is 0 Å². The number of aromatic nitrogens is 2. The van der Waals surface area contributed by atoms with Crippen molar-refractivity contribution in [3.8, 4) is 28.8 Å². The monoisotopic (exact) mass is 504 g/mol. The molecule has 0 unspecified atom stereocenters. The van der Waals surface area contributed by atoms with Crippen molar-refractivity contribution in [2.75, 3.05) is 11.5 Å². The second-order valence-electron chi connectivity index (χ2n) is 9.10. The molecule has 1 aromatic heterocycles. The fraction of sp³-hybridized carbons (Fsp3) is 0.296. The molecule has 1 atom stereocenters. The third kappa shape index (κ3) is 5.83. The quantitative estimate of drug-likeness (QED) is 0.386. The van der Waals surface area contributed by atoms with E-state index in [2.05, 4.69) is 5.32 Å². The van der Waals surface area contributed by atoms with Gasteiger partial charge in [0.05, 0.1) is 23.3 Å². The number of aryl methyl sites for hydroxylation is 1. The molecule has 4 rings (SSSR count). The van der Waals surface area contributed by atoms with Gasteiger partial charge in [0.2, 0.25) is 0 Å². The molecule has 0 saturated carbocycles. The second-order valence-corrected chi connectivity index (χ2v) is 11.3. The molecule has 0 radical (unpaired) electrons. The Bertz CT molecular complexity index is 1450. The minimum atomic E-state index is -3.16. The van der Waals surface area contributed by atoms with E-state index in [0.29, 0.717) is 17.7 Å². The van der Waals surface area contributed by atoms with Gasteiger partial charge in [-0.2, -0.15) is 10.4 Å². The van der Waals surface area contributed by atoms with Gasteiger partial charge in [-0.05, 0) is 69.2 Å². The van der Waals surface area contributed by atoms with E-state index >= 15 is 0 Å². The average molecular weight is 505 g/mol. The molecule has 0 bridgehead atoms. The minimum Gasteiger partial charge on any atom is -0.491 e. The average Bonchev–Trinajstić information content (AvgIpc) is 3.40. The fourth-order valence-corrected chi connectivity index (χ4v) is 5.81. The van der Waals surface area contributed by atoms with Crippen LogP contribution >= 0.6 is 0 Å². The second kappa shape index (κ2) is 10.4. The van der Waals surface area contributed by atoms with Crippen LogP contribution in [0.25, 0.3) is 23.0 Å². The Hall–Kier alpha value is -3.90. The predicted octanol–water partition coefficient (Wildman–Crippen LogP) is 3.85. The van der Waals surface area contributed by atoms with Gasteiger partial charge in [-0.25, -0.2) is 13.1 Å². The van der Waals surface area contributed by atoms with E-state index in [0.717, 1.165) is 22.6 Å². The standard InChI is InChI=1S/C27H28N4O4S/c1-18(2)35-24-9-10-25(19(3)13-24)26-21(16-31(30-26)23-7-5-4-6-8-23)14-20(15-28)27(32)29-22-11-12-36(33,34)17-22/h4-10,13-14,16,18,22H,11-12,17H2,1-3H3,(H,29,32)/b20-14+/t22-/m1/s1. The van der Waals surface area contributed by atoms with Crippen molar-refractivity contribution in [3.05, 3.63) is 71.4 Å². The number of nitrogens with zero attached hydrogens (tertiary/aromatic N) is 3. The van der Waals surface area contributed by atoms with E-state index in [1.54, 1.807) is 10.9 Å². The Labute approximate surface area is 211 Å². The Morgan fingerprint density at radius 3 is 2.61 bits per heavy atom. The smallest absolute Gasteiger partial charge is 0.262 e. The summed E-state index contributed by atoms with van der Waals surface area (Å²) in [5, 5.41) is 17.2. The number of nitriles is 1. The van der Waals surface area contributed by atoms with Gasteiger partial charge >= 0.3 is 0 Å². The third-order valence-electron chi connectivity index (χ3n) is 5.82. The lowest BCUT2D eigenvalue weighted by Crippen LogP contribution is -2.36. The molecule has 0 spiro atoms. The molecule has 9 heteroatoms. The molecule has 186 valence electrons. The Morgan fingerprint density at radius 2 is 2.00 bits per heavy atom. The van der Waals surface area contributed by atoms with Crippen molar-refractivity contribution in [2.45, 2.75) is 39.3 Å². The number of rotatable bonds is 7. The Morgan fingerprint density at radius 1 is 1.25 bits per heavy atom. The summed E-state index contributed by atoms with van der Waals surface area (Å²) in [5.74, 6) is 0.0660. The number of amides is 1. The molecule has 1 aliphatic rings. The first kappa shape index (κ1) is 25.2. The molecule has 2 aromatic carbocycles. The van der Waals surface area contributed by atoms with Gasteiger partial charge in [0.1, 0.15) is 23.1 Å². The molecule has 0 aliphatic carbocycles. The lowest BCUT2D eigenvalue weighted by atomic mass is 10.0. The summed E-state index contributed by atoms with van der Waals surface area (Å²) in [7, 11) is -3.16. The number of ether oxygens (including phenoxy) is 1. The molecule has 1 aliphatic heterocycles. The number of carbonyl (C=O) groups excluding carboxylic acids is 1. The van der Waals surface area contributed by atoms with Crippen molar-refractivity contribution in [1.29, 1.82) is 5.26 Å². The van der Waals surface area contributed by atoms with Crippen LogP contribution in [-0.2, 0) is 14.6 Å². The van der Waals surface area contributed by atoms with E-state index < -0.39 is 21.8 Å². The molecule has 1 saturated heterocycles. The number of benzene rings is 2. The van der Waals surface area contributed by atoms with Crippen LogP contribution in [0.5, 0.6) is 5.75 Å². The minimum absolute atomic E-state index is 0.0351. The molecule has 3 aromatic rings. The van der Waals surface area contributed by atoms with Crippen LogP contribution in [0.2, 0.25) is 0 Å². The van der Waals surface area contributed by atoms with Gasteiger partial charge in [-0.15, -0.1) is 0 Å². The number of nitrogens with one attached hydrogen (secondary N) is 1. The van der Waals surface area contributed by atoms with Crippen molar-refractivity contribution in [3.63, 3.8) is 0 Å². The highest BCUT2D eigenvalue weighted by molar-refractivity contribution is 7.91. The first-order chi connectivity index (χ1) is 17.1. The summed E-state index contributed by atoms with van der Waals surface area (Å²) in [6.07, 6.45) is 3.65. The van der Waals surface area contributed by atoms with Crippen LogP contribution in [0.3, 0.4) is 0 Å². The normalized spacial score (nSPS) is 17.1. The summed E-state index contributed by atoms with van der Waals surface area (Å²) in [6.45, 7) is 5.88. The molecule has 1 fully saturated rings. The highest BCUT2D eigenvalue weighted by Gasteiger charge is 2.29. The lowest BCUT2D eigenvalue weighted by Gasteiger charge is -2.12. The van der Waals surface area contributed by atoms with Crippen LogP contribution in [-0.4, -0.2) is 47.8 Å². The number of hydrogen-bond acceptors (Lipinski definition) is 6. The zero-order valence-electron chi connectivity index (χ0n) is 20.4.